The van der Waals surface area contributed by atoms with Crippen LogP contribution in [0.25, 0.3) is 11.1 Å². The quantitative estimate of drug-likeness (QED) is 0.172. The van der Waals surface area contributed by atoms with E-state index in [1.807, 2.05) is 42.1 Å². The van der Waals surface area contributed by atoms with E-state index in [0.717, 1.165) is 34.1 Å². The van der Waals surface area contributed by atoms with Crippen molar-refractivity contribution in [2.75, 3.05) is 9.80 Å². The summed E-state index contributed by atoms with van der Waals surface area (Å²) in [5.41, 5.74) is 14.3. The van der Waals surface area contributed by atoms with Gasteiger partial charge in [-0.2, -0.15) is 5.26 Å². The average molecular weight is 708 g/mol. The van der Waals surface area contributed by atoms with Crippen molar-refractivity contribution < 1.29 is 0 Å². The highest BCUT2D eigenvalue weighted by Gasteiger charge is 2.50. The van der Waals surface area contributed by atoms with Gasteiger partial charge in [0, 0.05) is 43.9 Å². The van der Waals surface area contributed by atoms with Crippen molar-refractivity contribution in [2.24, 2.45) is 0 Å². The van der Waals surface area contributed by atoms with Gasteiger partial charge in [-0.05, 0) is 124 Å². The van der Waals surface area contributed by atoms with Crippen molar-refractivity contribution in [3.05, 3.63) is 228 Å². The molecule has 0 saturated carbocycles. The predicted octanol–water partition coefficient (Wildman–Crippen LogP) is 13.3. The standard InChI is InChI=1S/C50H33N3S/c51-34-35-24-26-39(27-25-35)53(38-18-8-3-9-19-38)41-29-31-46-49(33-41)54-48-23-13-12-22-45(48)50(46)44-21-11-10-20-42(44)43-30-28-40(32-47(43)50)52(36-14-4-1-5-15-36)37-16-6-2-7-17-37/h1-33H. The molecule has 1 aliphatic carbocycles. The number of rotatable bonds is 6. The first-order valence-electron chi connectivity index (χ1n) is 18.2. The van der Waals surface area contributed by atoms with E-state index in [4.69, 9.17) is 0 Å². The molecule has 10 rings (SSSR count). The number of nitrogens with zero attached hydrogens (tertiary/aromatic N) is 3. The molecule has 0 aromatic heterocycles. The van der Waals surface area contributed by atoms with Gasteiger partial charge >= 0.3 is 0 Å². The molecule has 0 fully saturated rings. The number of hydrogen-bond donors (Lipinski definition) is 0. The van der Waals surface area contributed by atoms with Crippen LogP contribution in [0.2, 0.25) is 0 Å². The third-order valence-corrected chi connectivity index (χ3v) is 11.9. The van der Waals surface area contributed by atoms with Crippen LogP contribution in [0.3, 0.4) is 0 Å². The first-order valence-corrected chi connectivity index (χ1v) is 19.0. The predicted molar refractivity (Wildman–Crippen MR) is 222 cm³/mol. The maximum atomic E-state index is 9.55. The van der Waals surface area contributed by atoms with E-state index < -0.39 is 5.41 Å². The van der Waals surface area contributed by atoms with Crippen molar-refractivity contribution >= 4 is 45.9 Å². The summed E-state index contributed by atoms with van der Waals surface area (Å²) in [6.07, 6.45) is 0. The van der Waals surface area contributed by atoms with Crippen molar-refractivity contribution in [1.82, 2.24) is 0 Å². The second-order valence-electron chi connectivity index (χ2n) is 13.6. The van der Waals surface area contributed by atoms with Gasteiger partial charge in [0.1, 0.15) is 0 Å². The molecule has 1 spiro atoms. The molecule has 8 aromatic carbocycles. The van der Waals surface area contributed by atoms with Gasteiger partial charge in [-0.15, -0.1) is 0 Å². The summed E-state index contributed by atoms with van der Waals surface area (Å²) in [6.45, 7) is 0. The summed E-state index contributed by atoms with van der Waals surface area (Å²) in [4.78, 5) is 7.11. The van der Waals surface area contributed by atoms with Gasteiger partial charge in [-0.3, -0.25) is 0 Å². The lowest BCUT2D eigenvalue weighted by Crippen LogP contribution is -2.32. The Labute approximate surface area is 320 Å². The molecule has 1 unspecified atom stereocenters. The summed E-state index contributed by atoms with van der Waals surface area (Å²) in [6, 6.07) is 73.8. The van der Waals surface area contributed by atoms with Gasteiger partial charge in [0.2, 0.25) is 0 Å². The van der Waals surface area contributed by atoms with Crippen molar-refractivity contribution in [3.8, 4) is 17.2 Å². The third kappa shape index (κ3) is 4.98. The van der Waals surface area contributed by atoms with Crippen LogP contribution in [-0.2, 0) is 5.41 Å². The number of nitriles is 1. The van der Waals surface area contributed by atoms with E-state index in [1.54, 1.807) is 0 Å². The minimum atomic E-state index is -0.539. The molecule has 1 aliphatic heterocycles. The van der Waals surface area contributed by atoms with E-state index in [0.29, 0.717) is 5.56 Å². The Morgan fingerprint density at radius 1 is 0.370 bits per heavy atom. The largest absolute Gasteiger partial charge is 0.310 e. The first kappa shape index (κ1) is 31.9. The Bertz CT molecular complexity index is 2660. The van der Waals surface area contributed by atoms with Gasteiger partial charge in [0.05, 0.1) is 17.0 Å². The zero-order chi connectivity index (χ0) is 36.1. The fourth-order valence-electron chi connectivity index (χ4n) is 8.47. The van der Waals surface area contributed by atoms with Gasteiger partial charge in [0.25, 0.3) is 0 Å². The second kappa shape index (κ2) is 13.0. The van der Waals surface area contributed by atoms with Gasteiger partial charge < -0.3 is 9.80 Å². The molecule has 0 N–H and O–H groups in total. The van der Waals surface area contributed by atoms with Crippen LogP contribution in [0.4, 0.5) is 34.1 Å². The summed E-state index contributed by atoms with van der Waals surface area (Å²) in [5, 5.41) is 9.55. The van der Waals surface area contributed by atoms with E-state index in [2.05, 4.69) is 186 Å². The van der Waals surface area contributed by atoms with Gasteiger partial charge in [0.15, 0.2) is 0 Å². The van der Waals surface area contributed by atoms with Crippen LogP contribution in [0, 0.1) is 11.3 Å². The lowest BCUT2D eigenvalue weighted by Gasteiger charge is -2.40. The normalized spacial score (nSPS) is 14.6. The van der Waals surface area contributed by atoms with Crippen molar-refractivity contribution in [3.63, 3.8) is 0 Å². The van der Waals surface area contributed by atoms with Crippen LogP contribution in [-0.4, -0.2) is 0 Å². The third-order valence-electron chi connectivity index (χ3n) is 10.7. The zero-order valence-electron chi connectivity index (χ0n) is 29.3. The highest BCUT2D eigenvalue weighted by atomic mass is 32.2. The maximum absolute atomic E-state index is 9.55. The molecule has 3 nitrogen and oxygen atoms in total. The number of para-hydroxylation sites is 3. The van der Waals surface area contributed by atoms with Crippen LogP contribution in [0.15, 0.2) is 210 Å². The SMILES string of the molecule is N#Cc1ccc(N(c2ccccc2)c2ccc3c(c2)Sc2ccccc2C32c3ccccc3-c3ccc(N(c4ccccc4)c4ccccc4)cc32)cc1. The summed E-state index contributed by atoms with van der Waals surface area (Å²) < 4.78 is 0. The molecule has 0 amide bonds. The van der Waals surface area contributed by atoms with Crippen LogP contribution in [0.1, 0.15) is 27.8 Å². The molecule has 8 aromatic rings. The molecule has 0 saturated heterocycles. The zero-order valence-corrected chi connectivity index (χ0v) is 30.1. The van der Waals surface area contributed by atoms with Crippen LogP contribution < -0.4 is 9.80 Å². The molecular formula is C50H33N3S. The van der Waals surface area contributed by atoms with Gasteiger partial charge in [-0.25, -0.2) is 0 Å². The number of fused-ring (bicyclic) bond motifs is 9. The Kier molecular flexibility index (Phi) is 7.68. The fraction of sp³-hybridized carbons (Fsp3) is 0.0200. The summed E-state index contributed by atoms with van der Waals surface area (Å²) in [7, 11) is 0. The minimum absolute atomic E-state index is 0.539. The summed E-state index contributed by atoms with van der Waals surface area (Å²) in [5.74, 6) is 0. The van der Waals surface area contributed by atoms with E-state index in [1.165, 1.54) is 43.2 Å². The van der Waals surface area contributed by atoms with E-state index >= 15 is 0 Å². The topological polar surface area (TPSA) is 30.3 Å². The van der Waals surface area contributed by atoms with E-state index in [9.17, 15) is 5.26 Å². The van der Waals surface area contributed by atoms with Crippen molar-refractivity contribution in [1.29, 1.82) is 5.26 Å². The molecule has 254 valence electrons. The Balaban J connectivity index is 1.22. The Morgan fingerprint density at radius 2 is 0.833 bits per heavy atom. The van der Waals surface area contributed by atoms with Gasteiger partial charge in [-0.1, -0.05) is 121 Å². The smallest absolute Gasteiger partial charge is 0.0991 e. The highest BCUT2D eigenvalue weighted by molar-refractivity contribution is 7.99. The molecule has 2 aliphatic rings. The lowest BCUT2D eigenvalue weighted by atomic mass is 9.67. The Hall–Kier alpha value is -6.80. The first-order chi connectivity index (χ1) is 26.7. The number of anilines is 6. The van der Waals surface area contributed by atoms with Crippen LogP contribution >= 0.6 is 11.8 Å². The highest BCUT2D eigenvalue weighted by Crippen LogP contribution is 2.63. The fourth-order valence-corrected chi connectivity index (χ4v) is 9.70. The van der Waals surface area contributed by atoms with Crippen LogP contribution in [0.5, 0.6) is 0 Å². The lowest BCUT2D eigenvalue weighted by molar-refractivity contribution is 0.722. The maximum Gasteiger partial charge on any atom is 0.0991 e. The number of hydrogen-bond acceptors (Lipinski definition) is 4. The number of benzene rings is 8. The monoisotopic (exact) mass is 707 g/mol. The molecule has 1 heterocycles. The molecule has 1 atom stereocenters. The van der Waals surface area contributed by atoms with Crippen molar-refractivity contribution in [2.45, 2.75) is 15.2 Å². The average Bonchev–Trinajstić information content (AvgIpc) is 3.52. The second-order valence-corrected chi connectivity index (χ2v) is 14.7. The summed E-state index contributed by atoms with van der Waals surface area (Å²) >= 11 is 1.84. The molecule has 0 bridgehead atoms. The molecule has 4 heteroatoms. The molecular weight excluding hydrogens is 675 g/mol. The Morgan fingerprint density at radius 3 is 1.46 bits per heavy atom. The minimum Gasteiger partial charge on any atom is -0.310 e. The molecule has 54 heavy (non-hydrogen) atoms. The molecule has 0 radical (unpaired) electrons. The van der Waals surface area contributed by atoms with E-state index in [-0.39, 0.29) is 0 Å².